The second-order valence-corrected chi connectivity index (χ2v) is 5.27. The lowest BCUT2D eigenvalue weighted by Crippen LogP contribution is -2.30. The summed E-state index contributed by atoms with van der Waals surface area (Å²) >= 11 is 0. The van der Waals surface area contributed by atoms with Gasteiger partial charge in [-0.2, -0.15) is 0 Å². The Morgan fingerprint density at radius 1 is 1.17 bits per heavy atom. The van der Waals surface area contributed by atoms with Crippen molar-refractivity contribution in [1.29, 1.82) is 0 Å². The molecule has 3 aromatic rings. The lowest BCUT2D eigenvalue weighted by Gasteiger charge is -2.08. The van der Waals surface area contributed by atoms with Crippen molar-refractivity contribution in [3.8, 4) is 0 Å². The van der Waals surface area contributed by atoms with Gasteiger partial charge in [0.05, 0.1) is 19.5 Å². The van der Waals surface area contributed by atoms with Crippen molar-refractivity contribution in [2.24, 2.45) is 0 Å². The van der Waals surface area contributed by atoms with E-state index in [0.29, 0.717) is 26.3 Å². The van der Waals surface area contributed by atoms with Crippen molar-refractivity contribution in [3.63, 3.8) is 0 Å². The number of hydrogen-bond acceptors (Lipinski definition) is 3. The zero-order chi connectivity index (χ0) is 15.9. The van der Waals surface area contributed by atoms with Crippen molar-refractivity contribution in [3.05, 3.63) is 55.2 Å². The van der Waals surface area contributed by atoms with Crippen LogP contribution in [0.2, 0.25) is 0 Å². The van der Waals surface area contributed by atoms with E-state index in [9.17, 15) is 4.79 Å². The van der Waals surface area contributed by atoms with E-state index in [1.165, 1.54) is 0 Å². The third kappa shape index (κ3) is 4.20. The van der Waals surface area contributed by atoms with Crippen LogP contribution in [0.5, 0.6) is 0 Å². The van der Waals surface area contributed by atoms with Gasteiger partial charge in [0, 0.05) is 37.2 Å². The topological polar surface area (TPSA) is 61.1 Å². The molecule has 1 N–H and O–H groups in total. The maximum Gasteiger partial charge on any atom is 0.240 e. The van der Waals surface area contributed by atoms with Crippen LogP contribution in [0.15, 0.2) is 55.2 Å². The van der Waals surface area contributed by atoms with Crippen LogP contribution in [0.1, 0.15) is 0 Å². The van der Waals surface area contributed by atoms with Gasteiger partial charge in [0.1, 0.15) is 6.54 Å². The molecular formula is C17H20N4O2. The molecule has 23 heavy (non-hydrogen) atoms. The number of rotatable bonds is 8. The molecule has 2 aromatic heterocycles. The third-order valence-electron chi connectivity index (χ3n) is 3.62. The Kier molecular flexibility index (Phi) is 5.06. The molecule has 2 heterocycles. The summed E-state index contributed by atoms with van der Waals surface area (Å²) in [6, 6.07) is 10.0. The third-order valence-corrected chi connectivity index (χ3v) is 3.62. The molecule has 0 aliphatic rings. The number of aromatic nitrogens is 3. The van der Waals surface area contributed by atoms with Crippen molar-refractivity contribution >= 4 is 16.8 Å². The average molecular weight is 312 g/mol. The van der Waals surface area contributed by atoms with E-state index in [-0.39, 0.29) is 5.91 Å². The van der Waals surface area contributed by atoms with E-state index < -0.39 is 0 Å². The van der Waals surface area contributed by atoms with Crippen LogP contribution in [-0.4, -0.2) is 39.8 Å². The van der Waals surface area contributed by atoms with Crippen molar-refractivity contribution in [2.75, 3.05) is 19.8 Å². The molecule has 0 saturated heterocycles. The van der Waals surface area contributed by atoms with Crippen molar-refractivity contribution in [2.45, 2.75) is 13.1 Å². The van der Waals surface area contributed by atoms with E-state index in [1.807, 2.05) is 51.9 Å². The molecule has 1 aromatic carbocycles. The van der Waals surface area contributed by atoms with Crippen LogP contribution >= 0.6 is 0 Å². The number of amides is 1. The number of benzene rings is 1. The first kappa shape index (κ1) is 15.3. The second-order valence-electron chi connectivity index (χ2n) is 5.27. The number of carbonyl (C=O) groups is 1. The number of para-hydroxylation sites is 1. The summed E-state index contributed by atoms with van der Waals surface area (Å²) in [6.07, 6.45) is 7.33. The maximum atomic E-state index is 12.0. The highest BCUT2D eigenvalue weighted by molar-refractivity contribution is 5.83. The summed E-state index contributed by atoms with van der Waals surface area (Å²) in [5.74, 6) is -0.00966. The highest BCUT2D eigenvalue weighted by atomic mass is 16.5. The van der Waals surface area contributed by atoms with Gasteiger partial charge >= 0.3 is 0 Å². The lowest BCUT2D eigenvalue weighted by molar-refractivity contribution is -0.121. The van der Waals surface area contributed by atoms with Gasteiger partial charge < -0.3 is 19.2 Å². The molecule has 0 fully saturated rings. The molecule has 0 radical (unpaired) electrons. The largest absolute Gasteiger partial charge is 0.378 e. The smallest absolute Gasteiger partial charge is 0.240 e. The number of imidazole rings is 1. The van der Waals surface area contributed by atoms with Crippen LogP contribution in [0, 0.1) is 0 Å². The average Bonchev–Trinajstić information content (AvgIpc) is 3.21. The van der Waals surface area contributed by atoms with E-state index in [1.54, 1.807) is 12.5 Å². The second kappa shape index (κ2) is 7.60. The summed E-state index contributed by atoms with van der Waals surface area (Å²) in [6.45, 7) is 2.72. The SMILES string of the molecule is O=C(Cn1ccc2ccccc21)NCCOCCn1ccnc1. The Bertz CT molecular complexity index is 749. The predicted molar refractivity (Wildman–Crippen MR) is 88.0 cm³/mol. The Morgan fingerprint density at radius 2 is 2.09 bits per heavy atom. The molecule has 1 amide bonds. The maximum absolute atomic E-state index is 12.0. The highest BCUT2D eigenvalue weighted by Crippen LogP contribution is 2.14. The van der Waals surface area contributed by atoms with E-state index >= 15 is 0 Å². The zero-order valence-electron chi connectivity index (χ0n) is 12.9. The zero-order valence-corrected chi connectivity index (χ0v) is 12.9. The highest BCUT2D eigenvalue weighted by Gasteiger charge is 2.05. The predicted octanol–water partition coefficient (Wildman–Crippen LogP) is 1.67. The molecule has 0 bridgehead atoms. The van der Waals surface area contributed by atoms with Crippen molar-refractivity contribution < 1.29 is 9.53 Å². The first-order valence-electron chi connectivity index (χ1n) is 7.67. The molecule has 0 atom stereocenters. The fraction of sp³-hybridized carbons (Fsp3) is 0.294. The Morgan fingerprint density at radius 3 is 2.96 bits per heavy atom. The molecule has 0 saturated carbocycles. The van der Waals surface area contributed by atoms with Gasteiger partial charge in [-0.25, -0.2) is 4.98 Å². The number of fused-ring (bicyclic) bond motifs is 1. The van der Waals surface area contributed by atoms with Gasteiger partial charge in [0.2, 0.25) is 5.91 Å². The van der Waals surface area contributed by atoms with Gasteiger partial charge in [0.15, 0.2) is 0 Å². The molecule has 0 spiro atoms. The molecular weight excluding hydrogens is 292 g/mol. The summed E-state index contributed by atoms with van der Waals surface area (Å²) < 4.78 is 9.40. The van der Waals surface area contributed by atoms with Crippen molar-refractivity contribution in [1.82, 2.24) is 19.4 Å². The van der Waals surface area contributed by atoms with Gasteiger partial charge in [-0.15, -0.1) is 0 Å². The molecule has 0 aliphatic heterocycles. The van der Waals surface area contributed by atoms with Gasteiger partial charge in [0.25, 0.3) is 0 Å². The number of nitrogens with zero attached hydrogens (tertiary/aromatic N) is 3. The van der Waals surface area contributed by atoms with E-state index in [2.05, 4.69) is 10.3 Å². The minimum Gasteiger partial charge on any atom is -0.378 e. The quantitative estimate of drug-likeness (QED) is 0.644. The molecule has 6 heteroatoms. The number of carbonyl (C=O) groups excluding carboxylic acids is 1. The van der Waals surface area contributed by atoms with E-state index in [4.69, 9.17) is 4.74 Å². The summed E-state index contributed by atoms with van der Waals surface area (Å²) in [5.41, 5.74) is 1.07. The monoisotopic (exact) mass is 312 g/mol. The standard InChI is InChI=1S/C17H20N4O2/c22-17(13-21-8-5-15-3-1-2-4-16(15)21)19-7-11-23-12-10-20-9-6-18-14-20/h1-6,8-9,14H,7,10-13H2,(H,19,22). The fourth-order valence-electron chi connectivity index (χ4n) is 2.44. The summed E-state index contributed by atoms with van der Waals surface area (Å²) in [7, 11) is 0. The minimum absolute atomic E-state index is 0.00966. The number of nitrogens with one attached hydrogen (secondary N) is 1. The molecule has 120 valence electrons. The van der Waals surface area contributed by atoms with Crippen LogP contribution in [0.3, 0.4) is 0 Å². The minimum atomic E-state index is -0.00966. The number of ether oxygens (including phenoxy) is 1. The van der Waals surface area contributed by atoms with Crippen LogP contribution in [0.4, 0.5) is 0 Å². The first-order valence-corrected chi connectivity index (χ1v) is 7.67. The Labute approximate surface area is 134 Å². The Balaban J connectivity index is 1.35. The summed E-state index contributed by atoms with van der Waals surface area (Å²) in [4.78, 5) is 15.9. The molecule has 0 unspecified atom stereocenters. The van der Waals surface area contributed by atoms with Gasteiger partial charge in [-0.3, -0.25) is 4.79 Å². The van der Waals surface area contributed by atoms with Gasteiger partial charge in [-0.1, -0.05) is 18.2 Å². The van der Waals surface area contributed by atoms with Crippen LogP contribution in [0.25, 0.3) is 10.9 Å². The van der Waals surface area contributed by atoms with Crippen LogP contribution < -0.4 is 5.32 Å². The molecule has 0 aliphatic carbocycles. The Hall–Kier alpha value is -2.60. The molecule has 3 rings (SSSR count). The van der Waals surface area contributed by atoms with Crippen LogP contribution in [-0.2, 0) is 22.6 Å². The summed E-state index contributed by atoms with van der Waals surface area (Å²) in [5, 5.41) is 4.02. The molecule has 6 nitrogen and oxygen atoms in total. The lowest BCUT2D eigenvalue weighted by atomic mass is 10.2. The van der Waals surface area contributed by atoms with Gasteiger partial charge in [-0.05, 0) is 17.5 Å². The normalized spacial score (nSPS) is 11.0. The fourth-order valence-corrected chi connectivity index (χ4v) is 2.44. The number of hydrogen-bond donors (Lipinski definition) is 1. The van der Waals surface area contributed by atoms with E-state index in [0.717, 1.165) is 17.4 Å². The first-order chi connectivity index (χ1) is 11.3.